The third-order valence-electron chi connectivity index (χ3n) is 2.31. The van der Waals surface area contributed by atoms with E-state index in [1.54, 1.807) is 6.92 Å². The Bertz CT molecular complexity index is 618. The fraction of sp³-hybridized carbons (Fsp3) is 0.455. The summed E-state index contributed by atoms with van der Waals surface area (Å²) in [6, 6.07) is 0. The van der Waals surface area contributed by atoms with Crippen LogP contribution in [0.3, 0.4) is 0 Å². The van der Waals surface area contributed by atoms with Gasteiger partial charge in [-0.15, -0.1) is 0 Å². The Labute approximate surface area is 114 Å². The molecule has 0 bridgehead atoms. The highest BCUT2D eigenvalue weighted by atomic mass is 32.2. The first-order valence-corrected chi connectivity index (χ1v) is 7.40. The maximum Gasteiger partial charge on any atom is 0.358 e. The third-order valence-corrected chi connectivity index (χ3v) is 3.87. The van der Waals surface area contributed by atoms with Gasteiger partial charge in [-0.05, 0) is 26.3 Å². The second-order valence-corrected chi connectivity index (χ2v) is 5.86. The van der Waals surface area contributed by atoms with Crippen molar-refractivity contribution in [1.29, 1.82) is 0 Å². The minimum Gasteiger partial charge on any atom is -0.461 e. The van der Waals surface area contributed by atoms with Crippen LogP contribution in [0.5, 0.6) is 0 Å². The van der Waals surface area contributed by atoms with Crippen molar-refractivity contribution in [3.8, 4) is 0 Å². The summed E-state index contributed by atoms with van der Waals surface area (Å²) < 4.78 is 52.1. The molecule has 1 heterocycles. The molecule has 0 aliphatic carbocycles. The number of carbonyl (C=O) groups excluding carboxylic acids is 1. The molecule has 0 aromatic carbocycles. The van der Waals surface area contributed by atoms with Crippen molar-refractivity contribution in [1.82, 2.24) is 9.97 Å². The molecule has 112 valence electrons. The fourth-order valence-electron chi connectivity index (χ4n) is 1.40. The maximum atomic E-state index is 11.9. The summed E-state index contributed by atoms with van der Waals surface area (Å²) >= 11 is 0. The average Bonchev–Trinajstić information content (AvgIpc) is 2.71. The zero-order chi connectivity index (χ0) is 15.3. The number of hydrogen-bond donors (Lipinski definition) is 1. The maximum absolute atomic E-state index is 11.9. The number of carbonyl (C=O) groups is 1. The number of esters is 1. The number of aromatic nitrogens is 2. The van der Waals surface area contributed by atoms with E-state index in [1.807, 2.05) is 0 Å². The molecule has 1 aromatic rings. The van der Waals surface area contributed by atoms with E-state index in [4.69, 9.17) is 4.74 Å². The molecule has 1 N–H and O–H groups in total. The topological polar surface area (TPSA) is 89.1 Å². The minimum atomic E-state index is -3.86. The number of allylic oxidation sites excluding steroid dienone is 1. The van der Waals surface area contributed by atoms with Crippen LogP contribution in [0.1, 0.15) is 29.5 Å². The zero-order valence-corrected chi connectivity index (χ0v) is 11.8. The van der Waals surface area contributed by atoms with Gasteiger partial charge in [0.05, 0.1) is 12.4 Å². The number of halogens is 2. The van der Waals surface area contributed by atoms with Gasteiger partial charge in [-0.25, -0.2) is 18.2 Å². The van der Waals surface area contributed by atoms with Gasteiger partial charge in [0.25, 0.3) is 6.08 Å². The van der Waals surface area contributed by atoms with Crippen molar-refractivity contribution in [2.45, 2.75) is 25.4 Å². The minimum absolute atomic E-state index is 0.127. The molecule has 0 spiro atoms. The SMILES string of the molecule is CCOC(=O)c1nc(S(=O)(=O)CCC=C(F)F)[nH]c1C. The summed E-state index contributed by atoms with van der Waals surface area (Å²) in [4.78, 5) is 17.6. The van der Waals surface area contributed by atoms with Gasteiger partial charge in [0, 0.05) is 5.69 Å². The standard InChI is InChI=1S/C11H14F2N2O4S/c1-3-19-10(16)9-7(2)14-11(15-9)20(17,18)6-4-5-8(12)13/h5H,3-4,6H2,1-2H3,(H,14,15). The van der Waals surface area contributed by atoms with Crippen molar-refractivity contribution in [3.63, 3.8) is 0 Å². The Hall–Kier alpha value is -1.77. The Kier molecular flexibility index (Phi) is 5.37. The van der Waals surface area contributed by atoms with Crippen molar-refractivity contribution < 1.29 is 26.7 Å². The van der Waals surface area contributed by atoms with Gasteiger partial charge in [0.2, 0.25) is 15.0 Å². The van der Waals surface area contributed by atoms with E-state index in [0.717, 1.165) is 0 Å². The lowest BCUT2D eigenvalue weighted by atomic mass is 10.3. The van der Waals surface area contributed by atoms with Gasteiger partial charge >= 0.3 is 5.97 Å². The molecule has 0 aliphatic rings. The number of nitrogens with one attached hydrogen (secondary N) is 1. The largest absolute Gasteiger partial charge is 0.461 e. The number of nitrogens with zero attached hydrogens (tertiary/aromatic N) is 1. The number of hydrogen-bond acceptors (Lipinski definition) is 5. The molecule has 0 amide bonds. The number of ether oxygens (including phenoxy) is 1. The van der Waals surface area contributed by atoms with Crippen molar-refractivity contribution >= 4 is 15.8 Å². The van der Waals surface area contributed by atoms with E-state index in [0.29, 0.717) is 6.08 Å². The van der Waals surface area contributed by atoms with E-state index in [1.165, 1.54) is 6.92 Å². The molecular weight excluding hydrogens is 294 g/mol. The van der Waals surface area contributed by atoms with Crippen LogP contribution in [0.2, 0.25) is 0 Å². The van der Waals surface area contributed by atoms with Crippen molar-refractivity contribution in [3.05, 3.63) is 23.5 Å². The molecule has 0 aliphatic heterocycles. The molecule has 0 saturated carbocycles. The Morgan fingerprint density at radius 3 is 2.65 bits per heavy atom. The van der Waals surface area contributed by atoms with Gasteiger partial charge in [-0.1, -0.05) is 0 Å². The van der Waals surface area contributed by atoms with Gasteiger partial charge < -0.3 is 9.72 Å². The molecule has 0 radical (unpaired) electrons. The summed E-state index contributed by atoms with van der Waals surface area (Å²) in [5.74, 6) is -1.27. The molecule has 6 nitrogen and oxygen atoms in total. The Morgan fingerprint density at radius 2 is 2.10 bits per heavy atom. The van der Waals surface area contributed by atoms with E-state index in [2.05, 4.69) is 9.97 Å². The Balaban J connectivity index is 2.94. The van der Waals surface area contributed by atoms with E-state index >= 15 is 0 Å². The predicted octanol–water partition coefficient (Wildman–Crippen LogP) is 1.84. The molecule has 1 rings (SSSR count). The normalized spacial score (nSPS) is 11.2. The number of H-pyrrole nitrogens is 1. The number of imidazole rings is 1. The van der Waals surface area contributed by atoms with E-state index in [-0.39, 0.29) is 24.4 Å². The molecule has 0 atom stereocenters. The van der Waals surface area contributed by atoms with Gasteiger partial charge in [0.1, 0.15) is 0 Å². The summed E-state index contributed by atoms with van der Waals surface area (Å²) in [6.07, 6.45) is -1.76. The molecule has 20 heavy (non-hydrogen) atoms. The molecule has 0 fully saturated rings. The van der Waals surface area contributed by atoms with Crippen molar-refractivity contribution in [2.24, 2.45) is 0 Å². The van der Waals surface area contributed by atoms with Gasteiger partial charge in [0.15, 0.2) is 5.69 Å². The molecule has 0 saturated heterocycles. The smallest absolute Gasteiger partial charge is 0.358 e. The zero-order valence-electron chi connectivity index (χ0n) is 10.9. The number of rotatable bonds is 6. The molecule has 9 heteroatoms. The van der Waals surface area contributed by atoms with Crippen LogP contribution in [0.4, 0.5) is 8.78 Å². The second-order valence-electron chi connectivity index (χ2n) is 3.84. The summed E-state index contributed by atoms with van der Waals surface area (Å²) in [7, 11) is -3.86. The first-order valence-electron chi connectivity index (χ1n) is 5.75. The lowest BCUT2D eigenvalue weighted by molar-refractivity contribution is 0.0519. The molecule has 1 aromatic heterocycles. The lowest BCUT2D eigenvalue weighted by Crippen LogP contribution is -2.10. The summed E-state index contributed by atoms with van der Waals surface area (Å²) in [6.45, 7) is 3.21. The van der Waals surface area contributed by atoms with Crippen LogP contribution in [0.15, 0.2) is 17.3 Å². The monoisotopic (exact) mass is 308 g/mol. The first kappa shape index (κ1) is 16.3. The second kappa shape index (κ2) is 6.60. The predicted molar refractivity (Wildman–Crippen MR) is 66.3 cm³/mol. The van der Waals surface area contributed by atoms with Gasteiger partial charge in [-0.2, -0.15) is 8.78 Å². The number of aromatic amines is 1. The van der Waals surface area contributed by atoms with Crippen molar-refractivity contribution in [2.75, 3.05) is 12.4 Å². The van der Waals surface area contributed by atoms with Crippen LogP contribution < -0.4 is 0 Å². The van der Waals surface area contributed by atoms with Crippen LogP contribution in [-0.2, 0) is 14.6 Å². The molecule has 0 unspecified atom stereocenters. The Morgan fingerprint density at radius 1 is 1.45 bits per heavy atom. The fourth-order valence-corrected chi connectivity index (χ4v) is 2.56. The number of aryl methyl sites for hydroxylation is 1. The highest BCUT2D eigenvalue weighted by Gasteiger charge is 2.23. The highest BCUT2D eigenvalue weighted by Crippen LogP contribution is 2.14. The van der Waals surface area contributed by atoms with Crippen LogP contribution in [0, 0.1) is 6.92 Å². The first-order chi connectivity index (χ1) is 9.27. The summed E-state index contributed by atoms with van der Waals surface area (Å²) in [5.41, 5.74) is 0.117. The lowest BCUT2D eigenvalue weighted by Gasteiger charge is -1.98. The molecular formula is C11H14F2N2O4S. The van der Waals surface area contributed by atoms with E-state index < -0.39 is 32.8 Å². The quantitative estimate of drug-likeness (QED) is 0.810. The average molecular weight is 308 g/mol. The van der Waals surface area contributed by atoms with Crippen LogP contribution in [0.25, 0.3) is 0 Å². The van der Waals surface area contributed by atoms with Crippen LogP contribution >= 0.6 is 0 Å². The van der Waals surface area contributed by atoms with Crippen LogP contribution in [-0.4, -0.2) is 36.7 Å². The third kappa shape index (κ3) is 4.12. The number of sulfone groups is 1. The van der Waals surface area contributed by atoms with E-state index in [9.17, 15) is 22.0 Å². The highest BCUT2D eigenvalue weighted by molar-refractivity contribution is 7.91. The summed E-state index contributed by atoms with van der Waals surface area (Å²) in [5, 5.41) is -0.425. The van der Waals surface area contributed by atoms with Gasteiger partial charge in [-0.3, -0.25) is 0 Å².